The quantitative estimate of drug-likeness (QED) is 0.403. The van der Waals surface area contributed by atoms with Gasteiger partial charge in [-0.1, -0.05) is 56.8 Å². The molecule has 7 heteroatoms. The zero-order chi connectivity index (χ0) is 27.5. The summed E-state index contributed by atoms with van der Waals surface area (Å²) in [6.45, 7) is 10.0. The predicted octanol–water partition coefficient (Wildman–Crippen LogP) is 5.71. The highest BCUT2D eigenvalue weighted by Crippen LogP contribution is 2.47. The van der Waals surface area contributed by atoms with Crippen LogP contribution in [0.25, 0.3) is 22.3 Å². The number of hydrogen-bond donors (Lipinski definition) is 0. The van der Waals surface area contributed by atoms with E-state index in [-0.39, 0.29) is 30.6 Å². The van der Waals surface area contributed by atoms with Crippen molar-refractivity contribution >= 4 is 17.6 Å². The van der Waals surface area contributed by atoms with Crippen molar-refractivity contribution in [2.24, 2.45) is 23.4 Å². The molecule has 0 spiro atoms. The number of carbonyl (C=O) groups excluding carboxylic acids is 2. The van der Waals surface area contributed by atoms with Crippen molar-refractivity contribution in [2.75, 3.05) is 19.6 Å². The van der Waals surface area contributed by atoms with Gasteiger partial charge in [0.2, 0.25) is 5.91 Å². The van der Waals surface area contributed by atoms with Crippen LogP contribution in [0.2, 0.25) is 0 Å². The topological polar surface area (TPSA) is 70.8 Å². The van der Waals surface area contributed by atoms with Gasteiger partial charge in [0.25, 0.3) is 5.91 Å². The fourth-order valence-electron chi connectivity index (χ4n) is 5.90. The van der Waals surface area contributed by atoms with Gasteiger partial charge in [0, 0.05) is 49.4 Å². The molecule has 0 bridgehead atoms. The van der Waals surface area contributed by atoms with E-state index in [1.165, 1.54) is 0 Å². The van der Waals surface area contributed by atoms with E-state index in [0.717, 1.165) is 71.6 Å². The summed E-state index contributed by atoms with van der Waals surface area (Å²) in [7, 11) is 1.92. The van der Waals surface area contributed by atoms with Gasteiger partial charge in [0.1, 0.15) is 11.4 Å². The molecule has 40 heavy (non-hydrogen) atoms. The summed E-state index contributed by atoms with van der Waals surface area (Å²) in [6, 6.07) is 14.9. The third kappa shape index (κ3) is 4.98. The molecule has 2 amide bonds. The molecule has 1 saturated heterocycles. The molecule has 1 saturated carbocycles. The Balaban J connectivity index is 0.00000323. The summed E-state index contributed by atoms with van der Waals surface area (Å²) in [4.78, 5) is 35.1. The van der Waals surface area contributed by atoms with Crippen LogP contribution < -0.4 is 0 Å². The minimum atomic E-state index is -0.793. The van der Waals surface area contributed by atoms with Crippen LogP contribution in [0.15, 0.2) is 59.9 Å². The van der Waals surface area contributed by atoms with Gasteiger partial charge in [-0.15, -0.1) is 0 Å². The molecule has 0 unspecified atom stereocenters. The second kappa shape index (κ2) is 10.0. The highest BCUT2D eigenvalue weighted by molar-refractivity contribution is 6.15. The van der Waals surface area contributed by atoms with Crippen LogP contribution in [0.3, 0.4) is 0 Å². The molecular formula is C33H41N5O2. The SMILES string of the molecule is C.Cc1cc(-c2ccc(-c3cnn(C)c3)cc2)ccc1C1=NC(C)(C)C(=O)N1C[C@@H]1CCN(C(=O)C2(C)CC2)C1. The molecule has 2 aliphatic heterocycles. The lowest BCUT2D eigenvalue weighted by atomic mass is 9.97. The van der Waals surface area contributed by atoms with Crippen molar-refractivity contribution in [2.45, 2.75) is 59.9 Å². The van der Waals surface area contributed by atoms with Crippen LogP contribution in [0.4, 0.5) is 0 Å². The predicted molar refractivity (Wildman–Crippen MR) is 160 cm³/mol. The first-order chi connectivity index (χ1) is 18.5. The lowest BCUT2D eigenvalue weighted by molar-refractivity contribution is -0.135. The van der Waals surface area contributed by atoms with Gasteiger partial charge in [0.05, 0.1) is 6.20 Å². The lowest BCUT2D eigenvalue weighted by Crippen LogP contribution is -2.43. The Morgan fingerprint density at radius 1 is 1.00 bits per heavy atom. The molecule has 3 heterocycles. The molecule has 2 fully saturated rings. The van der Waals surface area contributed by atoms with Crippen LogP contribution in [0, 0.1) is 18.3 Å². The maximum absolute atomic E-state index is 13.5. The largest absolute Gasteiger partial charge is 0.342 e. The number of nitrogens with zero attached hydrogens (tertiary/aromatic N) is 5. The van der Waals surface area contributed by atoms with E-state index in [2.05, 4.69) is 61.4 Å². The normalized spacial score (nSPS) is 20.9. The number of aryl methyl sites for hydroxylation is 2. The molecule has 0 radical (unpaired) electrons. The number of aliphatic imine (C=N–C) groups is 1. The van der Waals surface area contributed by atoms with Crippen LogP contribution in [-0.4, -0.2) is 62.4 Å². The summed E-state index contributed by atoms with van der Waals surface area (Å²) < 4.78 is 1.81. The van der Waals surface area contributed by atoms with E-state index in [4.69, 9.17) is 4.99 Å². The average molecular weight is 540 g/mol. The number of amides is 2. The van der Waals surface area contributed by atoms with Crippen molar-refractivity contribution in [1.82, 2.24) is 19.6 Å². The number of amidine groups is 1. The molecule has 0 N–H and O–H groups in total. The number of rotatable bonds is 6. The number of likely N-dealkylation sites (tertiary alicyclic amines) is 1. The second-order valence-corrected chi connectivity index (χ2v) is 12.4. The fourth-order valence-corrected chi connectivity index (χ4v) is 5.90. The summed E-state index contributed by atoms with van der Waals surface area (Å²) >= 11 is 0. The van der Waals surface area contributed by atoms with Gasteiger partial charge in [-0.25, -0.2) is 0 Å². The Morgan fingerprint density at radius 2 is 1.65 bits per heavy atom. The summed E-state index contributed by atoms with van der Waals surface area (Å²) in [5.41, 5.74) is 5.63. The Morgan fingerprint density at radius 3 is 2.25 bits per heavy atom. The Hall–Kier alpha value is -3.74. The minimum absolute atomic E-state index is 0. The van der Waals surface area contributed by atoms with Gasteiger partial charge < -0.3 is 4.90 Å². The maximum Gasteiger partial charge on any atom is 0.255 e. The number of hydrogen-bond acceptors (Lipinski definition) is 4. The molecule has 7 nitrogen and oxygen atoms in total. The zero-order valence-corrected chi connectivity index (χ0v) is 23.6. The minimum Gasteiger partial charge on any atom is -0.342 e. The molecule has 3 aliphatic rings. The van der Waals surface area contributed by atoms with E-state index in [0.29, 0.717) is 6.54 Å². The molecule has 1 aromatic heterocycles. The lowest BCUT2D eigenvalue weighted by Gasteiger charge is -2.25. The van der Waals surface area contributed by atoms with Gasteiger partial charge in [-0.05, 0) is 68.2 Å². The molecule has 1 aliphatic carbocycles. The van der Waals surface area contributed by atoms with Crippen molar-refractivity contribution in [3.63, 3.8) is 0 Å². The smallest absolute Gasteiger partial charge is 0.255 e. The summed E-state index contributed by atoms with van der Waals surface area (Å²) in [5.74, 6) is 1.33. The fraction of sp³-hybridized carbons (Fsp3) is 0.455. The van der Waals surface area contributed by atoms with Gasteiger partial charge in [0.15, 0.2) is 0 Å². The van der Waals surface area contributed by atoms with Crippen LogP contribution in [-0.2, 0) is 16.6 Å². The van der Waals surface area contributed by atoms with E-state index in [1.807, 2.05) is 47.8 Å². The maximum atomic E-state index is 13.5. The zero-order valence-electron chi connectivity index (χ0n) is 23.6. The molecule has 6 rings (SSSR count). The van der Waals surface area contributed by atoms with E-state index < -0.39 is 5.54 Å². The number of aromatic nitrogens is 2. The van der Waals surface area contributed by atoms with Crippen molar-refractivity contribution in [1.29, 1.82) is 0 Å². The second-order valence-electron chi connectivity index (χ2n) is 12.4. The highest BCUT2D eigenvalue weighted by atomic mass is 16.2. The Bertz CT molecular complexity index is 1480. The highest BCUT2D eigenvalue weighted by Gasteiger charge is 2.49. The van der Waals surface area contributed by atoms with E-state index >= 15 is 0 Å². The van der Waals surface area contributed by atoms with E-state index in [9.17, 15) is 9.59 Å². The Kier molecular flexibility index (Phi) is 6.97. The van der Waals surface area contributed by atoms with Crippen molar-refractivity contribution in [3.8, 4) is 22.3 Å². The van der Waals surface area contributed by atoms with Crippen molar-refractivity contribution in [3.05, 3.63) is 66.0 Å². The third-order valence-corrected chi connectivity index (χ3v) is 8.66. The molecule has 2 aromatic carbocycles. The first-order valence-corrected chi connectivity index (χ1v) is 14.0. The first-order valence-electron chi connectivity index (χ1n) is 14.0. The van der Waals surface area contributed by atoms with Crippen LogP contribution >= 0.6 is 0 Å². The third-order valence-electron chi connectivity index (χ3n) is 8.66. The van der Waals surface area contributed by atoms with Crippen molar-refractivity contribution < 1.29 is 9.59 Å². The van der Waals surface area contributed by atoms with Gasteiger partial charge >= 0.3 is 0 Å². The standard InChI is InChI=1S/C32H37N5O2.CH4/c1-21-16-25(23-6-8-24(9-7-23)26-17-33-35(5)20-26)10-11-27(21)28-34-31(2,3)29(38)37(28)19-22-12-15-36(18-22)30(39)32(4)13-14-32;/h6-11,16-17,20,22H,12-15,18-19H2,1-5H3;1H4/t22-;/m1./s1. The molecule has 210 valence electrons. The molecule has 1 atom stereocenters. The first kappa shape index (κ1) is 27.8. The molecule has 3 aromatic rings. The van der Waals surface area contributed by atoms with Crippen LogP contribution in [0.5, 0.6) is 0 Å². The Labute approximate surface area is 237 Å². The van der Waals surface area contributed by atoms with Gasteiger partial charge in [-0.2, -0.15) is 5.10 Å². The number of carbonyl (C=O) groups is 2. The van der Waals surface area contributed by atoms with Gasteiger partial charge in [-0.3, -0.25) is 24.2 Å². The number of benzene rings is 2. The average Bonchev–Trinajstić information content (AvgIpc) is 3.22. The summed E-state index contributed by atoms with van der Waals surface area (Å²) in [5, 5.41) is 4.27. The van der Waals surface area contributed by atoms with Crippen LogP contribution in [0.1, 0.15) is 58.6 Å². The van der Waals surface area contributed by atoms with E-state index in [1.54, 1.807) is 0 Å². The monoisotopic (exact) mass is 539 g/mol. The molecular weight excluding hydrogens is 498 g/mol. The summed E-state index contributed by atoms with van der Waals surface area (Å²) in [6.07, 6.45) is 6.80.